The van der Waals surface area contributed by atoms with E-state index in [0.29, 0.717) is 12.5 Å². The van der Waals surface area contributed by atoms with Crippen LogP contribution in [-0.4, -0.2) is 11.9 Å². The molecule has 0 atom stereocenters. The summed E-state index contributed by atoms with van der Waals surface area (Å²) in [7, 11) is 0. The summed E-state index contributed by atoms with van der Waals surface area (Å²) in [6.07, 6.45) is 7.93. The number of hydrogen-bond donors (Lipinski definition) is 0. The fourth-order valence-electron chi connectivity index (χ4n) is 1.98. The predicted octanol–water partition coefficient (Wildman–Crippen LogP) is 4.38. The predicted molar refractivity (Wildman–Crippen MR) is 73.2 cm³/mol. The SMILES string of the molecule is CCCCCCC(=O)c1cccc(OC2CC2)c1. The van der Waals surface area contributed by atoms with Crippen molar-refractivity contribution in [3.63, 3.8) is 0 Å². The Morgan fingerprint density at radius 3 is 2.83 bits per heavy atom. The van der Waals surface area contributed by atoms with Crippen LogP contribution in [0.2, 0.25) is 0 Å². The van der Waals surface area contributed by atoms with Gasteiger partial charge in [-0.25, -0.2) is 0 Å². The summed E-state index contributed by atoms with van der Waals surface area (Å²) in [5.41, 5.74) is 0.796. The van der Waals surface area contributed by atoms with E-state index in [2.05, 4.69) is 6.92 Å². The molecule has 1 aromatic carbocycles. The normalized spacial score (nSPS) is 14.5. The Morgan fingerprint density at radius 2 is 2.11 bits per heavy atom. The van der Waals surface area contributed by atoms with Gasteiger partial charge < -0.3 is 4.74 Å². The molecular weight excluding hydrogens is 224 g/mol. The van der Waals surface area contributed by atoms with Crippen LogP contribution in [0.15, 0.2) is 24.3 Å². The molecule has 0 N–H and O–H groups in total. The molecule has 0 amide bonds. The summed E-state index contributed by atoms with van der Waals surface area (Å²) in [6, 6.07) is 7.63. The molecule has 98 valence electrons. The lowest BCUT2D eigenvalue weighted by molar-refractivity contribution is 0.0978. The minimum atomic E-state index is 0.243. The molecule has 0 unspecified atom stereocenters. The number of hydrogen-bond acceptors (Lipinski definition) is 2. The molecule has 1 aliphatic carbocycles. The number of rotatable bonds is 8. The molecule has 2 nitrogen and oxygen atoms in total. The van der Waals surface area contributed by atoms with E-state index < -0.39 is 0 Å². The van der Waals surface area contributed by atoms with E-state index in [9.17, 15) is 4.79 Å². The molecule has 1 aliphatic rings. The molecular formula is C16H22O2. The van der Waals surface area contributed by atoms with Crippen molar-refractivity contribution in [2.24, 2.45) is 0 Å². The first-order chi connectivity index (χ1) is 8.79. The Balaban J connectivity index is 1.84. The van der Waals surface area contributed by atoms with Gasteiger partial charge in [-0.15, -0.1) is 0 Å². The van der Waals surface area contributed by atoms with Crippen molar-refractivity contribution in [1.29, 1.82) is 0 Å². The molecule has 2 heteroatoms. The van der Waals surface area contributed by atoms with Gasteiger partial charge in [-0.1, -0.05) is 38.3 Å². The van der Waals surface area contributed by atoms with E-state index in [1.54, 1.807) is 0 Å². The molecule has 1 fully saturated rings. The molecule has 0 saturated heterocycles. The summed E-state index contributed by atoms with van der Waals surface area (Å²) in [5.74, 6) is 1.09. The van der Waals surface area contributed by atoms with Gasteiger partial charge in [0.05, 0.1) is 6.10 Å². The quantitative estimate of drug-likeness (QED) is 0.502. The van der Waals surface area contributed by atoms with Crippen molar-refractivity contribution in [3.8, 4) is 5.75 Å². The fraction of sp³-hybridized carbons (Fsp3) is 0.562. The lowest BCUT2D eigenvalue weighted by atomic mass is 10.0. The number of unbranched alkanes of at least 4 members (excludes halogenated alkanes) is 3. The molecule has 18 heavy (non-hydrogen) atoms. The van der Waals surface area contributed by atoms with Gasteiger partial charge in [-0.3, -0.25) is 4.79 Å². The smallest absolute Gasteiger partial charge is 0.163 e. The molecule has 0 spiro atoms. The third kappa shape index (κ3) is 4.17. The number of ether oxygens (including phenoxy) is 1. The highest BCUT2D eigenvalue weighted by Gasteiger charge is 2.23. The molecule has 0 bridgehead atoms. The topological polar surface area (TPSA) is 26.3 Å². The second-order valence-electron chi connectivity index (χ2n) is 5.08. The zero-order chi connectivity index (χ0) is 12.8. The summed E-state index contributed by atoms with van der Waals surface area (Å²) in [4.78, 5) is 12.0. The fourth-order valence-corrected chi connectivity index (χ4v) is 1.98. The molecule has 0 heterocycles. The van der Waals surface area contributed by atoms with Crippen LogP contribution < -0.4 is 4.74 Å². The highest BCUT2D eigenvalue weighted by Crippen LogP contribution is 2.27. The maximum absolute atomic E-state index is 12.0. The standard InChI is InChI=1S/C16H22O2/c1-2-3-4-5-9-16(17)13-7-6-8-15(12-13)18-14-10-11-14/h6-8,12,14H,2-5,9-11H2,1H3. The van der Waals surface area contributed by atoms with Crippen molar-refractivity contribution in [1.82, 2.24) is 0 Å². The Labute approximate surface area is 109 Å². The van der Waals surface area contributed by atoms with Crippen molar-refractivity contribution in [3.05, 3.63) is 29.8 Å². The Bertz CT molecular complexity index is 394. The van der Waals surface area contributed by atoms with Crippen LogP contribution in [0.3, 0.4) is 0 Å². The first-order valence-electron chi connectivity index (χ1n) is 7.09. The van der Waals surface area contributed by atoms with Crippen LogP contribution in [0.4, 0.5) is 0 Å². The van der Waals surface area contributed by atoms with E-state index in [1.807, 2.05) is 24.3 Å². The second kappa shape index (κ2) is 6.58. The van der Waals surface area contributed by atoms with Gasteiger partial charge in [0.1, 0.15) is 5.75 Å². The number of ketones is 1. The lowest BCUT2D eigenvalue weighted by Gasteiger charge is -2.06. The summed E-state index contributed by atoms with van der Waals surface area (Å²) in [6.45, 7) is 2.18. The summed E-state index contributed by atoms with van der Waals surface area (Å²) >= 11 is 0. The van der Waals surface area contributed by atoms with Crippen molar-refractivity contribution >= 4 is 5.78 Å². The Morgan fingerprint density at radius 1 is 1.28 bits per heavy atom. The van der Waals surface area contributed by atoms with E-state index in [-0.39, 0.29) is 5.78 Å². The monoisotopic (exact) mass is 246 g/mol. The third-order valence-electron chi connectivity index (χ3n) is 3.24. The molecule has 2 rings (SSSR count). The van der Waals surface area contributed by atoms with Crippen molar-refractivity contribution < 1.29 is 9.53 Å². The van der Waals surface area contributed by atoms with Crippen molar-refractivity contribution in [2.75, 3.05) is 0 Å². The van der Waals surface area contributed by atoms with Gasteiger partial charge in [-0.05, 0) is 31.4 Å². The summed E-state index contributed by atoms with van der Waals surface area (Å²) in [5, 5.41) is 0. The number of carbonyl (C=O) groups excluding carboxylic acids is 1. The lowest BCUT2D eigenvalue weighted by Crippen LogP contribution is -2.01. The van der Waals surface area contributed by atoms with Crippen LogP contribution in [-0.2, 0) is 0 Å². The average Bonchev–Trinajstić information content (AvgIpc) is 3.19. The first kappa shape index (κ1) is 13.1. The third-order valence-corrected chi connectivity index (χ3v) is 3.24. The van der Waals surface area contributed by atoms with Crippen molar-refractivity contribution in [2.45, 2.75) is 58.0 Å². The molecule has 1 aromatic rings. The summed E-state index contributed by atoms with van der Waals surface area (Å²) < 4.78 is 5.71. The molecule has 0 aliphatic heterocycles. The van der Waals surface area contributed by atoms with Crippen LogP contribution >= 0.6 is 0 Å². The van der Waals surface area contributed by atoms with E-state index in [0.717, 1.165) is 37.0 Å². The highest BCUT2D eigenvalue weighted by atomic mass is 16.5. The van der Waals surface area contributed by atoms with E-state index in [1.165, 1.54) is 12.8 Å². The maximum Gasteiger partial charge on any atom is 0.163 e. The van der Waals surface area contributed by atoms with Gasteiger partial charge >= 0.3 is 0 Å². The zero-order valence-electron chi connectivity index (χ0n) is 11.2. The largest absolute Gasteiger partial charge is 0.490 e. The zero-order valence-corrected chi connectivity index (χ0v) is 11.2. The van der Waals surface area contributed by atoms with E-state index in [4.69, 9.17) is 4.74 Å². The highest BCUT2D eigenvalue weighted by molar-refractivity contribution is 5.96. The van der Waals surface area contributed by atoms with Crippen LogP contribution in [0, 0.1) is 0 Å². The minimum Gasteiger partial charge on any atom is -0.490 e. The molecule has 1 saturated carbocycles. The Kier molecular flexibility index (Phi) is 4.80. The van der Waals surface area contributed by atoms with Gasteiger partial charge in [0.15, 0.2) is 5.78 Å². The molecule has 0 radical (unpaired) electrons. The van der Waals surface area contributed by atoms with Gasteiger partial charge in [0, 0.05) is 12.0 Å². The second-order valence-corrected chi connectivity index (χ2v) is 5.08. The minimum absolute atomic E-state index is 0.243. The Hall–Kier alpha value is -1.31. The van der Waals surface area contributed by atoms with Crippen LogP contribution in [0.1, 0.15) is 62.2 Å². The number of benzene rings is 1. The van der Waals surface area contributed by atoms with Gasteiger partial charge in [-0.2, -0.15) is 0 Å². The van der Waals surface area contributed by atoms with Crippen LogP contribution in [0.5, 0.6) is 5.75 Å². The van der Waals surface area contributed by atoms with Gasteiger partial charge in [0.25, 0.3) is 0 Å². The van der Waals surface area contributed by atoms with E-state index >= 15 is 0 Å². The maximum atomic E-state index is 12.0. The number of carbonyl (C=O) groups is 1. The first-order valence-corrected chi connectivity index (χ1v) is 7.09. The molecule has 0 aromatic heterocycles. The number of Topliss-reactive ketones (excluding diaryl/α,β-unsaturated/α-hetero) is 1. The average molecular weight is 246 g/mol. The van der Waals surface area contributed by atoms with Gasteiger partial charge in [0.2, 0.25) is 0 Å². The van der Waals surface area contributed by atoms with Crippen LogP contribution in [0.25, 0.3) is 0 Å².